The van der Waals surface area contributed by atoms with Crippen LogP contribution in [0.1, 0.15) is 35.1 Å². The number of nitrogens with zero attached hydrogens (tertiary/aromatic N) is 3. The molecular weight excluding hydrogens is 274 g/mol. The van der Waals surface area contributed by atoms with Gasteiger partial charge in [-0.25, -0.2) is 4.98 Å². The summed E-state index contributed by atoms with van der Waals surface area (Å²) in [5.74, 6) is 2.14. The topological polar surface area (TPSA) is 51.8 Å². The fourth-order valence-electron chi connectivity index (χ4n) is 2.97. The maximum absolute atomic E-state index is 5.97. The summed E-state index contributed by atoms with van der Waals surface area (Å²) in [6, 6.07) is 8.29. The van der Waals surface area contributed by atoms with Crippen LogP contribution in [0.2, 0.25) is 0 Å². The molecule has 1 aromatic carbocycles. The van der Waals surface area contributed by atoms with Crippen LogP contribution < -0.4 is 0 Å². The highest BCUT2D eigenvalue weighted by molar-refractivity contribution is 5.54. The van der Waals surface area contributed by atoms with Crippen molar-refractivity contribution in [1.29, 1.82) is 0 Å². The lowest BCUT2D eigenvalue weighted by Crippen LogP contribution is -2.13. The van der Waals surface area contributed by atoms with Crippen molar-refractivity contribution < 1.29 is 4.42 Å². The number of rotatable bonds is 2. The Hall–Kier alpha value is -2.49. The van der Waals surface area contributed by atoms with Gasteiger partial charge in [-0.05, 0) is 25.5 Å². The van der Waals surface area contributed by atoms with Crippen LogP contribution in [0.4, 0.5) is 0 Å². The van der Waals surface area contributed by atoms with E-state index in [0.717, 1.165) is 47.9 Å². The molecule has 1 aliphatic carbocycles. The summed E-state index contributed by atoms with van der Waals surface area (Å²) in [5.41, 5.74) is 4.39. The van der Waals surface area contributed by atoms with Gasteiger partial charge in [0.2, 0.25) is 5.89 Å². The second-order valence-electron chi connectivity index (χ2n) is 5.82. The number of hydrogen-bond acceptors (Lipinski definition) is 4. The second kappa shape index (κ2) is 5.37. The monoisotopic (exact) mass is 291 g/mol. The Labute approximate surface area is 129 Å². The van der Waals surface area contributed by atoms with Crippen molar-refractivity contribution in [3.8, 4) is 11.5 Å². The first-order chi connectivity index (χ1) is 10.8. The molecule has 0 spiro atoms. The molecular formula is C18H17N3O. The molecule has 3 aromatic rings. The average molecular weight is 291 g/mol. The van der Waals surface area contributed by atoms with Gasteiger partial charge < -0.3 is 4.42 Å². The van der Waals surface area contributed by atoms with Crippen molar-refractivity contribution in [3.05, 3.63) is 65.6 Å². The molecule has 0 amide bonds. The predicted octanol–water partition coefficient (Wildman–Crippen LogP) is 3.71. The van der Waals surface area contributed by atoms with Crippen LogP contribution in [0.15, 0.2) is 47.3 Å². The number of oxazole rings is 1. The van der Waals surface area contributed by atoms with Gasteiger partial charge >= 0.3 is 0 Å². The summed E-state index contributed by atoms with van der Waals surface area (Å²) in [6.07, 6.45) is 8.15. The lowest BCUT2D eigenvalue weighted by molar-refractivity contribution is 0.461. The molecule has 4 heteroatoms. The van der Waals surface area contributed by atoms with Crippen LogP contribution in [-0.2, 0) is 12.8 Å². The maximum Gasteiger partial charge on any atom is 0.226 e. The molecule has 1 unspecified atom stereocenters. The van der Waals surface area contributed by atoms with E-state index in [1.165, 1.54) is 5.56 Å². The third kappa shape index (κ3) is 2.41. The standard InChI is InChI=1S/C18H17N3O/c1-12-2-4-13(5-3-12)18-21-15-10-14(6-7-17(15)22-18)16-11-19-8-9-20-16/h2-5,8-9,11,14H,6-7,10H2,1H3. The zero-order valence-electron chi connectivity index (χ0n) is 12.5. The van der Waals surface area contributed by atoms with Crippen LogP contribution in [0.5, 0.6) is 0 Å². The zero-order valence-corrected chi connectivity index (χ0v) is 12.5. The number of fused-ring (bicyclic) bond motifs is 1. The average Bonchev–Trinajstić information content (AvgIpc) is 2.99. The van der Waals surface area contributed by atoms with Crippen molar-refractivity contribution in [2.24, 2.45) is 0 Å². The van der Waals surface area contributed by atoms with Gasteiger partial charge in [-0.2, -0.15) is 0 Å². The van der Waals surface area contributed by atoms with E-state index in [1.807, 2.05) is 6.20 Å². The van der Waals surface area contributed by atoms with Gasteiger partial charge in [-0.15, -0.1) is 0 Å². The van der Waals surface area contributed by atoms with Crippen molar-refractivity contribution in [1.82, 2.24) is 15.0 Å². The summed E-state index contributed by atoms with van der Waals surface area (Å²) in [4.78, 5) is 13.3. The first-order valence-electron chi connectivity index (χ1n) is 7.61. The molecule has 1 atom stereocenters. The van der Waals surface area contributed by atoms with E-state index in [0.29, 0.717) is 5.92 Å². The van der Waals surface area contributed by atoms with E-state index in [4.69, 9.17) is 9.40 Å². The van der Waals surface area contributed by atoms with Gasteiger partial charge in [0.05, 0.1) is 11.4 Å². The SMILES string of the molecule is Cc1ccc(-c2nc3c(o2)CCC(c2cnccn2)C3)cc1. The maximum atomic E-state index is 5.97. The van der Waals surface area contributed by atoms with Gasteiger partial charge in [0, 0.05) is 42.9 Å². The molecule has 4 rings (SSSR count). The van der Waals surface area contributed by atoms with E-state index in [-0.39, 0.29) is 0 Å². The molecule has 22 heavy (non-hydrogen) atoms. The summed E-state index contributed by atoms with van der Waals surface area (Å²) in [6.45, 7) is 2.08. The van der Waals surface area contributed by atoms with Crippen molar-refractivity contribution in [2.75, 3.05) is 0 Å². The molecule has 1 aliphatic rings. The van der Waals surface area contributed by atoms with Gasteiger partial charge in [0.25, 0.3) is 0 Å². The van der Waals surface area contributed by atoms with Crippen molar-refractivity contribution >= 4 is 0 Å². The Kier molecular flexibility index (Phi) is 3.22. The van der Waals surface area contributed by atoms with Crippen molar-refractivity contribution in [3.63, 3.8) is 0 Å². The highest BCUT2D eigenvalue weighted by Gasteiger charge is 2.26. The van der Waals surface area contributed by atoms with Crippen LogP contribution in [0, 0.1) is 6.92 Å². The minimum atomic E-state index is 0.386. The Morgan fingerprint density at radius 3 is 2.77 bits per heavy atom. The minimum Gasteiger partial charge on any atom is -0.441 e. The van der Waals surface area contributed by atoms with E-state index < -0.39 is 0 Å². The van der Waals surface area contributed by atoms with E-state index >= 15 is 0 Å². The van der Waals surface area contributed by atoms with Crippen LogP contribution in [-0.4, -0.2) is 15.0 Å². The first kappa shape index (κ1) is 13.2. The Bertz CT molecular complexity index is 778. The molecule has 2 heterocycles. The summed E-state index contributed by atoms with van der Waals surface area (Å²) < 4.78 is 5.97. The highest BCUT2D eigenvalue weighted by atomic mass is 16.4. The first-order valence-corrected chi connectivity index (χ1v) is 7.61. The number of hydrogen-bond donors (Lipinski definition) is 0. The van der Waals surface area contributed by atoms with E-state index in [1.54, 1.807) is 12.4 Å². The van der Waals surface area contributed by atoms with Crippen LogP contribution >= 0.6 is 0 Å². The van der Waals surface area contributed by atoms with E-state index in [2.05, 4.69) is 41.2 Å². The van der Waals surface area contributed by atoms with Crippen LogP contribution in [0.3, 0.4) is 0 Å². The predicted molar refractivity (Wildman–Crippen MR) is 83.5 cm³/mol. The third-order valence-electron chi connectivity index (χ3n) is 4.24. The molecule has 4 nitrogen and oxygen atoms in total. The fourth-order valence-corrected chi connectivity index (χ4v) is 2.97. The summed E-state index contributed by atoms with van der Waals surface area (Å²) in [7, 11) is 0. The van der Waals surface area contributed by atoms with Gasteiger partial charge in [-0.3, -0.25) is 9.97 Å². The molecule has 0 saturated heterocycles. The lowest BCUT2D eigenvalue weighted by Gasteiger charge is -2.18. The Morgan fingerprint density at radius 2 is 2.00 bits per heavy atom. The number of benzene rings is 1. The quantitative estimate of drug-likeness (QED) is 0.722. The second-order valence-corrected chi connectivity index (χ2v) is 5.82. The molecule has 0 radical (unpaired) electrons. The molecule has 0 saturated carbocycles. The Morgan fingerprint density at radius 1 is 1.14 bits per heavy atom. The molecule has 2 aromatic heterocycles. The third-order valence-corrected chi connectivity index (χ3v) is 4.24. The van der Waals surface area contributed by atoms with Crippen molar-refractivity contribution in [2.45, 2.75) is 32.1 Å². The van der Waals surface area contributed by atoms with Gasteiger partial charge in [0.15, 0.2) is 0 Å². The minimum absolute atomic E-state index is 0.386. The number of aryl methyl sites for hydroxylation is 2. The Balaban J connectivity index is 1.62. The van der Waals surface area contributed by atoms with Gasteiger partial charge in [0.1, 0.15) is 5.76 Å². The molecule has 0 N–H and O–H groups in total. The normalized spacial score (nSPS) is 17.2. The summed E-state index contributed by atoms with van der Waals surface area (Å²) in [5, 5.41) is 0. The number of aromatic nitrogens is 3. The van der Waals surface area contributed by atoms with Crippen LogP contribution in [0.25, 0.3) is 11.5 Å². The smallest absolute Gasteiger partial charge is 0.226 e. The molecule has 0 fully saturated rings. The zero-order chi connectivity index (χ0) is 14.9. The molecule has 0 aliphatic heterocycles. The van der Waals surface area contributed by atoms with Gasteiger partial charge in [-0.1, -0.05) is 17.7 Å². The molecule has 0 bridgehead atoms. The fraction of sp³-hybridized carbons (Fsp3) is 0.278. The largest absolute Gasteiger partial charge is 0.441 e. The van der Waals surface area contributed by atoms with E-state index in [9.17, 15) is 0 Å². The summed E-state index contributed by atoms with van der Waals surface area (Å²) >= 11 is 0. The molecule has 110 valence electrons. The highest BCUT2D eigenvalue weighted by Crippen LogP contribution is 2.33. The lowest BCUT2D eigenvalue weighted by atomic mass is 9.88.